The Balaban J connectivity index is 2.41. The number of nitro groups is 1. The Morgan fingerprint density at radius 3 is 2.06 bits per heavy atom. The number of sulfonamides is 1. The van der Waals surface area contributed by atoms with Crippen LogP contribution in [0.25, 0.3) is 0 Å². The molecule has 174 valence electrons. The topological polar surface area (TPSA) is 137 Å². The molecule has 32 heavy (non-hydrogen) atoms. The van der Waals surface area contributed by atoms with Gasteiger partial charge < -0.3 is 19.5 Å². The number of nitro benzene ring substituents is 1. The van der Waals surface area contributed by atoms with Crippen LogP contribution >= 0.6 is 0 Å². The molecule has 0 aliphatic rings. The van der Waals surface area contributed by atoms with Crippen molar-refractivity contribution in [2.45, 2.75) is 17.9 Å². The van der Waals surface area contributed by atoms with E-state index in [-0.39, 0.29) is 27.7 Å². The Morgan fingerprint density at radius 1 is 1.06 bits per heavy atom. The van der Waals surface area contributed by atoms with Crippen LogP contribution in [-0.4, -0.2) is 59.0 Å². The number of benzene rings is 2. The molecule has 0 aliphatic heterocycles. The number of carbonyl (C=O) groups excluding carboxylic acids is 1. The lowest BCUT2D eigenvalue weighted by atomic mass is 10.1. The Kier molecular flexibility index (Phi) is 7.65. The van der Waals surface area contributed by atoms with E-state index >= 15 is 0 Å². The molecule has 12 heteroatoms. The monoisotopic (exact) mass is 467 g/mol. The zero-order valence-electron chi connectivity index (χ0n) is 18.5. The third-order valence-corrected chi connectivity index (χ3v) is 6.57. The number of hydrogen-bond acceptors (Lipinski definition) is 8. The number of carbonyl (C=O) groups is 1. The Hall–Kier alpha value is -3.38. The van der Waals surface area contributed by atoms with Crippen molar-refractivity contribution < 1.29 is 32.3 Å². The van der Waals surface area contributed by atoms with Gasteiger partial charge in [0, 0.05) is 20.2 Å². The quantitative estimate of drug-likeness (QED) is 0.438. The van der Waals surface area contributed by atoms with Crippen molar-refractivity contribution in [2.24, 2.45) is 0 Å². The van der Waals surface area contributed by atoms with Gasteiger partial charge in [-0.1, -0.05) is 12.1 Å². The first kappa shape index (κ1) is 24.9. The summed E-state index contributed by atoms with van der Waals surface area (Å²) in [7, 11) is 3.11. The number of nitrogens with one attached hydrogen (secondary N) is 1. The van der Waals surface area contributed by atoms with Crippen LogP contribution in [0.2, 0.25) is 0 Å². The number of hydrogen-bond donors (Lipinski definition) is 1. The molecule has 0 radical (unpaired) electrons. The summed E-state index contributed by atoms with van der Waals surface area (Å²) in [5, 5.41) is 14.4. The predicted octanol–water partition coefficient (Wildman–Crippen LogP) is 2.36. The van der Waals surface area contributed by atoms with Gasteiger partial charge in [-0.15, -0.1) is 0 Å². The Bertz CT molecular complexity index is 1110. The second kappa shape index (κ2) is 9.83. The van der Waals surface area contributed by atoms with E-state index in [4.69, 9.17) is 14.2 Å². The molecule has 1 N–H and O–H groups in total. The second-order valence-electron chi connectivity index (χ2n) is 6.85. The standard InChI is InChI=1S/C20H25N3O8S/c1-12(13-7-9-14(10-8-13)32(27,28)22(2)3)21-20(24)15-11-16(29-4)18(30-5)19(31-6)17(15)23(25)26/h7-12H,1-6H3,(H,21,24). The smallest absolute Gasteiger partial charge is 0.327 e. The third-order valence-electron chi connectivity index (χ3n) is 4.74. The van der Waals surface area contributed by atoms with Gasteiger partial charge in [-0.2, -0.15) is 0 Å². The molecule has 0 saturated heterocycles. The molecule has 0 bridgehead atoms. The van der Waals surface area contributed by atoms with Gasteiger partial charge in [-0.3, -0.25) is 14.9 Å². The number of amides is 1. The third kappa shape index (κ3) is 4.75. The van der Waals surface area contributed by atoms with Crippen molar-refractivity contribution in [3.63, 3.8) is 0 Å². The van der Waals surface area contributed by atoms with E-state index in [0.717, 1.165) is 4.31 Å². The van der Waals surface area contributed by atoms with Crippen molar-refractivity contribution >= 4 is 21.6 Å². The average molecular weight is 468 g/mol. The first-order valence-corrected chi connectivity index (χ1v) is 10.7. The van der Waals surface area contributed by atoms with Crippen molar-refractivity contribution in [3.8, 4) is 17.2 Å². The van der Waals surface area contributed by atoms with Crippen molar-refractivity contribution in [1.29, 1.82) is 0 Å². The average Bonchev–Trinajstić information content (AvgIpc) is 2.76. The van der Waals surface area contributed by atoms with E-state index in [1.165, 1.54) is 53.6 Å². The lowest BCUT2D eigenvalue weighted by Crippen LogP contribution is -2.27. The summed E-state index contributed by atoms with van der Waals surface area (Å²) in [6.07, 6.45) is 0. The van der Waals surface area contributed by atoms with Gasteiger partial charge in [0.25, 0.3) is 5.91 Å². The molecular weight excluding hydrogens is 442 g/mol. The summed E-state index contributed by atoms with van der Waals surface area (Å²) in [6.45, 7) is 1.66. The molecule has 1 unspecified atom stereocenters. The predicted molar refractivity (Wildman–Crippen MR) is 116 cm³/mol. The molecule has 2 aromatic carbocycles. The number of nitrogens with zero attached hydrogens (tertiary/aromatic N) is 2. The van der Waals surface area contributed by atoms with Gasteiger partial charge in [0.05, 0.1) is 37.2 Å². The maximum Gasteiger partial charge on any atom is 0.327 e. The maximum atomic E-state index is 12.9. The van der Waals surface area contributed by atoms with Crippen LogP contribution in [0, 0.1) is 10.1 Å². The van der Waals surface area contributed by atoms with E-state index in [2.05, 4.69) is 5.32 Å². The second-order valence-corrected chi connectivity index (χ2v) is 9.00. The lowest BCUT2D eigenvalue weighted by Gasteiger charge is -2.18. The molecule has 2 rings (SSSR count). The Labute approximate surface area is 186 Å². The van der Waals surface area contributed by atoms with Gasteiger partial charge in [0.2, 0.25) is 21.5 Å². The SMILES string of the molecule is COc1cc(C(=O)NC(C)c2ccc(S(=O)(=O)N(C)C)cc2)c([N+](=O)[O-])c(OC)c1OC. The molecular formula is C20H25N3O8S. The van der Waals surface area contributed by atoms with Crippen LogP contribution in [-0.2, 0) is 10.0 Å². The normalized spacial score (nSPS) is 12.2. The fourth-order valence-electron chi connectivity index (χ4n) is 2.99. The molecule has 0 saturated carbocycles. The summed E-state index contributed by atoms with van der Waals surface area (Å²) < 4.78 is 41.0. The van der Waals surface area contributed by atoms with Crippen LogP contribution in [0.5, 0.6) is 17.2 Å². The maximum absolute atomic E-state index is 12.9. The van der Waals surface area contributed by atoms with Gasteiger partial charge in [-0.05, 0) is 24.6 Å². The van der Waals surface area contributed by atoms with Crippen LogP contribution in [0.3, 0.4) is 0 Å². The summed E-state index contributed by atoms with van der Waals surface area (Å²) >= 11 is 0. The fraction of sp³-hybridized carbons (Fsp3) is 0.350. The molecule has 0 aromatic heterocycles. The van der Waals surface area contributed by atoms with Crippen LogP contribution in [0.15, 0.2) is 35.2 Å². The summed E-state index contributed by atoms with van der Waals surface area (Å²) in [6, 6.07) is 6.59. The summed E-state index contributed by atoms with van der Waals surface area (Å²) in [5.41, 5.74) is -0.239. The van der Waals surface area contributed by atoms with Crippen LogP contribution in [0.4, 0.5) is 5.69 Å². The first-order chi connectivity index (χ1) is 15.0. The van der Waals surface area contributed by atoms with Crippen LogP contribution < -0.4 is 19.5 Å². The minimum Gasteiger partial charge on any atom is -0.493 e. The van der Waals surface area contributed by atoms with Crippen molar-refractivity contribution in [1.82, 2.24) is 9.62 Å². The molecule has 0 aliphatic carbocycles. The van der Waals surface area contributed by atoms with E-state index in [1.807, 2.05) is 0 Å². The van der Waals surface area contributed by atoms with Gasteiger partial charge >= 0.3 is 5.69 Å². The molecule has 2 aromatic rings. The van der Waals surface area contributed by atoms with Gasteiger partial charge in [0.1, 0.15) is 5.56 Å². The molecule has 0 spiro atoms. The van der Waals surface area contributed by atoms with E-state index in [9.17, 15) is 23.3 Å². The Morgan fingerprint density at radius 2 is 1.62 bits per heavy atom. The summed E-state index contributed by atoms with van der Waals surface area (Å²) in [4.78, 5) is 24.0. The zero-order chi connectivity index (χ0) is 24.2. The lowest BCUT2D eigenvalue weighted by molar-refractivity contribution is -0.386. The molecule has 0 heterocycles. The van der Waals surface area contributed by atoms with Crippen LogP contribution in [0.1, 0.15) is 28.9 Å². The number of methoxy groups -OCH3 is 3. The highest BCUT2D eigenvalue weighted by molar-refractivity contribution is 7.89. The van der Waals surface area contributed by atoms with E-state index in [1.54, 1.807) is 19.1 Å². The molecule has 0 fully saturated rings. The summed E-state index contributed by atoms with van der Waals surface area (Å²) in [5.74, 6) is -0.906. The van der Waals surface area contributed by atoms with Gasteiger partial charge in [0.15, 0.2) is 5.75 Å². The van der Waals surface area contributed by atoms with Gasteiger partial charge in [-0.25, -0.2) is 12.7 Å². The minimum absolute atomic E-state index is 0.0102. The fourth-order valence-corrected chi connectivity index (χ4v) is 3.89. The van der Waals surface area contributed by atoms with Crippen molar-refractivity contribution in [3.05, 3.63) is 51.6 Å². The van der Waals surface area contributed by atoms with E-state index < -0.39 is 32.6 Å². The highest BCUT2D eigenvalue weighted by atomic mass is 32.2. The van der Waals surface area contributed by atoms with Crippen molar-refractivity contribution in [2.75, 3.05) is 35.4 Å². The number of rotatable bonds is 9. The minimum atomic E-state index is -3.59. The number of ether oxygens (including phenoxy) is 3. The highest BCUT2D eigenvalue weighted by Gasteiger charge is 2.33. The molecule has 1 atom stereocenters. The highest BCUT2D eigenvalue weighted by Crippen LogP contribution is 2.46. The van der Waals surface area contributed by atoms with E-state index in [0.29, 0.717) is 5.56 Å². The largest absolute Gasteiger partial charge is 0.493 e. The molecule has 1 amide bonds. The first-order valence-electron chi connectivity index (χ1n) is 9.30. The molecule has 11 nitrogen and oxygen atoms in total. The zero-order valence-corrected chi connectivity index (χ0v) is 19.3.